The number of aryl methyl sites for hydroxylation is 2. The van der Waals surface area contributed by atoms with Crippen molar-refractivity contribution in [3.05, 3.63) is 89.0 Å². The predicted octanol–water partition coefficient (Wildman–Crippen LogP) is 6.54. The Bertz CT molecular complexity index is 945. The van der Waals surface area contributed by atoms with Crippen LogP contribution in [0.4, 0.5) is 0 Å². The van der Waals surface area contributed by atoms with Gasteiger partial charge in [-0.2, -0.15) is 0 Å². The number of hydrogen-bond donors (Lipinski definition) is 0. The molecule has 2 nitrogen and oxygen atoms in total. The van der Waals surface area contributed by atoms with Crippen LogP contribution in [0, 0.1) is 13.8 Å². The minimum Gasteiger partial charge on any atom is -0.457 e. The van der Waals surface area contributed by atoms with E-state index in [-0.39, 0.29) is 19.5 Å². The van der Waals surface area contributed by atoms with E-state index in [4.69, 9.17) is 4.74 Å². The number of para-hydroxylation sites is 1. The monoisotopic (exact) mass is 390 g/mol. The Hall–Kier alpha value is -2.44. The average Bonchev–Trinajstić information content (AvgIpc) is 2.65. The van der Waals surface area contributed by atoms with Gasteiger partial charge in [0.25, 0.3) is 0 Å². The minimum atomic E-state index is 0.0889. The molecule has 0 amide bonds. The van der Waals surface area contributed by atoms with Crippen LogP contribution in [0.15, 0.2) is 66.7 Å². The van der Waals surface area contributed by atoms with Crippen molar-refractivity contribution >= 4 is 19.4 Å². The Kier molecular flexibility index (Phi) is 6.01. The molecule has 0 aliphatic carbocycles. The normalized spacial score (nSPS) is 11.8. The smallest absolute Gasteiger partial charge is 0.185 e. The van der Waals surface area contributed by atoms with Crippen molar-refractivity contribution in [2.45, 2.75) is 40.0 Å². The van der Waals surface area contributed by atoms with Crippen LogP contribution in [0.5, 0.6) is 11.5 Å². The zero-order valence-corrected chi connectivity index (χ0v) is 18.2. The van der Waals surface area contributed by atoms with E-state index in [1.807, 2.05) is 68.4 Å². The third-order valence-corrected chi connectivity index (χ3v) is 6.29. The molecule has 3 heteroatoms. The van der Waals surface area contributed by atoms with Gasteiger partial charge < -0.3 is 4.74 Å². The van der Waals surface area contributed by atoms with E-state index < -0.39 is 0 Å². The van der Waals surface area contributed by atoms with Crippen LogP contribution in [0.25, 0.3) is 0 Å². The molecule has 0 radical (unpaired) electrons. The number of hydrogen-bond acceptors (Lipinski definition) is 2. The molecule has 1 atom stereocenters. The van der Waals surface area contributed by atoms with E-state index in [1.165, 1.54) is 5.56 Å². The fourth-order valence-corrected chi connectivity index (χ4v) is 4.19. The zero-order chi connectivity index (χ0) is 20.3. The van der Waals surface area contributed by atoms with Crippen LogP contribution in [0.3, 0.4) is 0 Å². The van der Waals surface area contributed by atoms with Gasteiger partial charge in [-0.25, -0.2) is 0 Å². The number of benzene rings is 3. The van der Waals surface area contributed by atoms with Crippen molar-refractivity contribution in [1.29, 1.82) is 0 Å². The molecule has 144 valence electrons. The first kappa shape index (κ1) is 20.3. The molecule has 0 heterocycles. The quantitative estimate of drug-likeness (QED) is 0.463. The number of rotatable bonds is 5. The van der Waals surface area contributed by atoms with Gasteiger partial charge in [-0.05, 0) is 74.1 Å². The van der Waals surface area contributed by atoms with Gasteiger partial charge in [0.1, 0.15) is 11.5 Å². The summed E-state index contributed by atoms with van der Waals surface area (Å²) >= 11 is 0. The van der Waals surface area contributed by atoms with Crippen molar-refractivity contribution in [1.82, 2.24) is 0 Å². The second-order valence-corrected chi connectivity index (χ2v) is 9.33. The lowest BCUT2D eigenvalue weighted by Gasteiger charge is -2.19. The second-order valence-electron chi connectivity index (χ2n) is 8.13. The highest BCUT2D eigenvalue weighted by atomic mass is 31.1. The number of carbonyl (C=O) groups excluding carboxylic acids is 1. The lowest BCUT2D eigenvalue weighted by Crippen LogP contribution is -2.12. The summed E-state index contributed by atoms with van der Waals surface area (Å²) in [5.41, 5.74) is 4.44. The zero-order valence-electron chi connectivity index (χ0n) is 17.2. The molecule has 0 aliphatic rings. The first-order valence-electron chi connectivity index (χ1n) is 9.50. The summed E-state index contributed by atoms with van der Waals surface area (Å²) in [4.78, 5) is 12.8. The molecular weight excluding hydrogens is 363 g/mol. The molecule has 0 aromatic heterocycles. The van der Waals surface area contributed by atoms with Gasteiger partial charge in [-0.3, -0.25) is 4.79 Å². The molecule has 3 aromatic carbocycles. The molecule has 28 heavy (non-hydrogen) atoms. The molecule has 0 aliphatic heterocycles. The molecular formula is C25H27O2P. The number of ether oxygens (including phenoxy) is 1. The highest BCUT2D eigenvalue weighted by Crippen LogP contribution is 2.29. The Morgan fingerprint density at radius 1 is 0.821 bits per heavy atom. The van der Waals surface area contributed by atoms with E-state index in [0.29, 0.717) is 0 Å². The fourth-order valence-electron chi connectivity index (χ4n) is 3.11. The van der Waals surface area contributed by atoms with Gasteiger partial charge in [0.05, 0.1) is 0 Å². The lowest BCUT2D eigenvalue weighted by molar-refractivity contribution is 0.108. The topological polar surface area (TPSA) is 26.3 Å². The summed E-state index contributed by atoms with van der Waals surface area (Å²) in [5, 5.41) is 1.10. The van der Waals surface area contributed by atoms with Gasteiger partial charge in [0, 0.05) is 5.56 Å². The predicted molar refractivity (Wildman–Crippen MR) is 120 cm³/mol. The highest BCUT2D eigenvalue weighted by molar-refractivity contribution is 7.66. The molecule has 0 saturated carbocycles. The molecule has 3 aromatic rings. The maximum Gasteiger partial charge on any atom is 0.185 e. The molecule has 1 unspecified atom stereocenters. The molecule has 0 N–H and O–H groups in total. The van der Waals surface area contributed by atoms with E-state index in [2.05, 4.69) is 32.9 Å². The minimum absolute atomic E-state index is 0.0889. The molecule has 3 rings (SSSR count). The Balaban J connectivity index is 1.77. The Labute approximate surface area is 169 Å². The SMILES string of the molecule is Cc1cc(Oc2ccccc2)cc(C)c1PC(=O)c1ccc(C(C)(C)C)cc1. The Morgan fingerprint density at radius 3 is 1.93 bits per heavy atom. The van der Waals surface area contributed by atoms with Gasteiger partial charge in [-0.15, -0.1) is 0 Å². The van der Waals surface area contributed by atoms with Crippen molar-refractivity contribution in [3.8, 4) is 11.5 Å². The van der Waals surface area contributed by atoms with Crippen molar-refractivity contribution in [2.24, 2.45) is 0 Å². The van der Waals surface area contributed by atoms with Crippen molar-refractivity contribution in [3.63, 3.8) is 0 Å². The summed E-state index contributed by atoms with van der Waals surface area (Å²) in [6, 6.07) is 21.8. The van der Waals surface area contributed by atoms with Crippen LogP contribution >= 0.6 is 8.58 Å². The maximum atomic E-state index is 12.8. The van der Waals surface area contributed by atoms with Crippen molar-refractivity contribution < 1.29 is 9.53 Å². The van der Waals surface area contributed by atoms with Gasteiger partial charge in [0.2, 0.25) is 0 Å². The molecule has 0 spiro atoms. The van der Waals surface area contributed by atoms with Crippen LogP contribution in [0.2, 0.25) is 0 Å². The van der Waals surface area contributed by atoms with Gasteiger partial charge >= 0.3 is 0 Å². The standard InChI is InChI=1S/C25H27O2P/c1-17-15-22(27-21-9-7-6-8-10-21)16-18(2)23(17)28-24(26)19-11-13-20(14-12-19)25(3,4)5/h6-16,28H,1-5H3. The summed E-state index contributed by atoms with van der Waals surface area (Å²) < 4.78 is 5.95. The first-order valence-corrected chi connectivity index (χ1v) is 10.5. The van der Waals surface area contributed by atoms with Crippen LogP contribution in [-0.4, -0.2) is 5.52 Å². The third-order valence-electron chi connectivity index (χ3n) is 4.74. The molecule has 0 fully saturated rings. The Morgan fingerprint density at radius 2 is 1.39 bits per heavy atom. The van der Waals surface area contributed by atoms with E-state index in [1.54, 1.807) is 0 Å². The van der Waals surface area contributed by atoms with Crippen LogP contribution < -0.4 is 10.0 Å². The first-order chi connectivity index (χ1) is 13.2. The van der Waals surface area contributed by atoms with E-state index in [0.717, 1.165) is 33.5 Å². The van der Waals surface area contributed by atoms with Gasteiger partial charge in [-0.1, -0.05) is 63.2 Å². The van der Waals surface area contributed by atoms with Crippen LogP contribution in [0.1, 0.15) is 47.8 Å². The fraction of sp³-hybridized carbons (Fsp3) is 0.240. The summed E-state index contributed by atoms with van der Waals surface area (Å²) in [7, 11) is 0.107. The van der Waals surface area contributed by atoms with E-state index >= 15 is 0 Å². The second kappa shape index (κ2) is 8.29. The van der Waals surface area contributed by atoms with Crippen LogP contribution in [-0.2, 0) is 5.41 Å². The van der Waals surface area contributed by atoms with Crippen molar-refractivity contribution in [2.75, 3.05) is 0 Å². The average molecular weight is 390 g/mol. The lowest BCUT2D eigenvalue weighted by atomic mass is 9.87. The molecule has 0 saturated heterocycles. The van der Waals surface area contributed by atoms with Gasteiger partial charge in [0.15, 0.2) is 5.52 Å². The van der Waals surface area contributed by atoms with E-state index in [9.17, 15) is 4.79 Å². The molecule has 0 bridgehead atoms. The number of carbonyl (C=O) groups is 1. The summed E-state index contributed by atoms with van der Waals surface area (Å²) in [5.74, 6) is 1.61. The maximum absolute atomic E-state index is 12.8. The largest absolute Gasteiger partial charge is 0.457 e. The highest BCUT2D eigenvalue weighted by Gasteiger charge is 2.16. The summed E-state index contributed by atoms with van der Waals surface area (Å²) in [6.07, 6.45) is 0. The third kappa shape index (κ3) is 4.88. The summed E-state index contributed by atoms with van der Waals surface area (Å²) in [6.45, 7) is 10.6.